The minimum Gasteiger partial charge on any atom is -0.294 e. The lowest BCUT2D eigenvalue weighted by Gasteiger charge is -2.08. The summed E-state index contributed by atoms with van der Waals surface area (Å²) in [6.07, 6.45) is 5.66. The van der Waals surface area contributed by atoms with Crippen LogP contribution in [-0.2, 0) is 0 Å². The second-order valence-corrected chi connectivity index (χ2v) is 4.87. The zero-order valence-corrected chi connectivity index (χ0v) is 10.0. The molecule has 0 atom stereocenters. The van der Waals surface area contributed by atoms with Gasteiger partial charge in [-0.3, -0.25) is 4.79 Å². The van der Waals surface area contributed by atoms with Crippen LogP contribution in [0.25, 0.3) is 0 Å². The van der Waals surface area contributed by atoms with Crippen molar-refractivity contribution in [3.63, 3.8) is 0 Å². The Balaban J connectivity index is 2.00. The van der Waals surface area contributed by atoms with Crippen molar-refractivity contribution < 1.29 is 18.0 Å². The van der Waals surface area contributed by atoms with Gasteiger partial charge in [-0.25, -0.2) is 13.2 Å². The molecule has 1 fully saturated rings. The van der Waals surface area contributed by atoms with Crippen LogP contribution in [0.4, 0.5) is 13.2 Å². The van der Waals surface area contributed by atoms with Gasteiger partial charge < -0.3 is 0 Å². The first kappa shape index (κ1) is 13.1. The lowest BCUT2D eigenvalue weighted by atomic mass is 9.97. The summed E-state index contributed by atoms with van der Waals surface area (Å²) in [5.74, 6) is -3.91. The van der Waals surface area contributed by atoms with Gasteiger partial charge in [0, 0.05) is 12.0 Å². The predicted molar refractivity (Wildman–Crippen MR) is 61.8 cm³/mol. The number of Topliss-reactive ketones (excluding diaryl/α,β-unsaturated/α-hetero) is 1. The van der Waals surface area contributed by atoms with Crippen LogP contribution in [0.2, 0.25) is 0 Å². The Labute approximate surface area is 104 Å². The fraction of sp³-hybridized carbons (Fsp3) is 0.500. The summed E-state index contributed by atoms with van der Waals surface area (Å²) >= 11 is 0. The molecule has 0 radical (unpaired) electrons. The number of hydrogen-bond donors (Lipinski definition) is 0. The fourth-order valence-electron chi connectivity index (χ4n) is 2.50. The van der Waals surface area contributed by atoms with Gasteiger partial charge in [0.2, 0.25) is 0 Å². The van der Waals surface area contributed by atoms with Crippen LogP contribution in [0.1, 0.15) is 48.9 Å². The van der Waals surface area contributed by atoms with Crippen molar-refractivity contribution in [2.75, 3.05) is 0 Å². The monoisotopic (exact) mass is 256 g/mol. The summed E-state index contributed by atoms with van der Waals surface area (Å²) in [7, 11) is 0. The first-order valence-corrected chi connectivity index (χ1v) is 6.25. The van der Waals surface area contributed by atoms with Crippen molar-refractivity contribution >= 4 is 5.78 Å². The van der Waals surface area contributed by atoms with Gasteiger partial charge in [0.15, 0.2) is 23.2 Å². The van der Waals surface area contributed by atoms with Crippen LogP contribution in [0.15, 0.2) is 12.1 Å². The van der Waals surface area contributed by atoms with E-state index in [0.29, 0.717) is 5.92 Å². The average molecular weight is 256 g/mol. The van der Waals surface area contributed by atoms with Crippen molar-refractivity contribution in [2.24, 2.45) is 5.92 Å². The van der Waals surface area contributed by atoms with Crippen molar-refractivity contribution in [1.29, 1.82) is 0 Å². The van der Waals surface area contributed by atoms with E-state index < -0.39 is 17.5 Å². The molecular formula is C14H15F3O. The van der Waals surface area contributed by atoms with Crippen LogP contribution in [0.5, 0.6) is 0 Å². The molecule has 0 saturated heterocycles. The standard InChI is InChI=1S/C14H15F3O/c15-11-7-10(8-12(16)14(11)17)13(18)6-5-9-3-1-2-4-9/h7-9H,1-6H2. The lowest BCUT2D eigenvalue weighted by molar-refractivity contribution is 0.0972. The molecule has 0 bridgehead atoms. The highest BCUT2D eigenvalue weighted by Gasteiger charge is 2.18. The SMILES string of the molecule is O=C(CCC1CCCC1)c1cc(F)c(F)c(F)c1. The van der Waals surface area contributed by atoms with E-state index in [9.17, 15) is 18.0 Å². The minimum absolute atomic E-state index is 0.0793. The Kier molecular flexibility index (Phi) is 4.04. The summed E-state index contributed by atoms with van der Waals surface area (Å²) in [5, 5.41) is 0. The molecule has 1 nitrogen and oxygen atoms in total. The Morgan fingerprint density at radius 1 is 1.11 bits per heavy atom. The Bertz CT molecular complexity index is 427. The molecular weight excluding hydrogens is 241 g/mol. The minimum atomic E-state index is -1.53. The number of hydrogen-bond acceptors (Lipinski definition) is 1. The largest absolute Gasteiger partial charge is 0.294 e. The van der Waals surface area contributed by atoms with Crippen molar-refractivity contribution in [3.8, 4) is 0 Å². The van der Waals surface area contributed by atoms with Crippen LogP contribution >= 0.6 is 0 Å². The summed E-state index contributed by atoms with van der Waals surface area (Å²) < 4.78 is 38.7. The van der Waals surface area contributed by atoms with Gasteiger partial charge in [0.1, 0.15) is 0 Å². The average Bonchev–Trinajstić information content (AvgIpc) is 2.85. The molecule has 0 heterocycles. The van der Waals surface area contributed by atoms with Gasteiger partial charge in [-0.2, -0.15) is 0 Å². The van der Waals surface area contributed by atoms with Crippen LogP contribution in [-0.4, -0.2) is 5.78 Å². The lowest BCUT2D eigenvalue weighted by Crippen LogP contribution is -2.05. The molecule has 18 heavy (non-hydrogen) atoms. The van der Waals surface area contributed by atoms with Gasteiger partial charge in [-0.05, 0) is 24.5 Å². The molecule has 4 heteroatoms. The molecule has 0 spiro atoms. The maximum atomic E-state index is 13.0. The van der Waals surface area contributed by atoms with Gasteiger partial charge in [-0.15, -0.1) is 0 Å². The fourth-order valence-corrected chi connectivity index (χ4v) is 2.50. The summed E-state index contributed by atoms with van der Waals surface area (Å²) in [5.41, 5.74) is -0.0793. The number of benzene rings is 1. The highest BCUT2D eigenvalue weighted by molar-refractivity contribution is 5.96. The third-order valence-electron chi connectivity index (χ3n) is 3.56. The molecule has 98 valence electrons. The first-order chi connectivity index (χ1) is 8.58. The second-order valence-electron chi connectivity index (χ2n) is 4.87. The van der Waals surface area contributed by atoms with E-state index in [1.165, 1.54) is 12.8 Å². The van der Waals surface area contributed by atoms with E-state index in [2.05, 4.69) is 0 Å². The first-order valence-electron chi connectivity index (χ1n) is 6.25. The third kappa shape index (κ3) is 2.92. The van der Waals surface area contributed by atoms with Gasteiger partial charge >= 0.3 is 0 Å². The van der Waals surface area contributed by atoms with Crippen molar-refractivity contribution in [2.45, 2.75) is 38.5 Å². The highest BCUT2D eigenvalue weighted by Crippen LogP contribution is 2.29. The summed E-state index contributed by atoms with van der Waals surface area (Å²) in [6, 6.07) is 1.55. The van der Waals surface area contributed by atoms with Gasteiger partial charge in [0.05, 0.1) is 0 Å². The molecule has 1 aliphatic carbocycles. The van der Waals surface area contributed by atoms with E-state index >= 15 is 0 Å². The topological polar surface area (TPSA) is 17.1 Å². The van der Waals surface area contributed by atoms with E-state index in [1.807, 2.05) is 0 Å². The molecule has 2 rings (SSSR count). The quantitative estimate of drug-likeness (QED) is 0.581. The number of carbonyl (C=O) groups excluding carboxylic acids is 1. The highest BCUT2D eigenvalue weighted by atomic mass is 19.2. The van der Waals surface area contributed by atoms with Crippen molar-refractivity contribution in [3.05, 3.63) is 35.1 Å². The molecule has 0 unspecified atom stereocenters. The van der Waals surface area contributed by atoms with Crippen molar-refractivity contribution in [1.82, 2.24) is 0 Å². The normalized spacial score (nSPS) is 16.2. The van der Waals surface area contributed by atoms with E-state index in [1.54, 1.807) is 0 Å². The predicted octanol–water partition coefficient (Wildman–Crippen LogP) is 4.26. The Hall–Kier alpha value is -1.32. The smallest absolute Gasteiger partial charge is 0.194 e. The summed E-state index contributed by atoms with van der Waals surface area (Å²) in [4.78, 5) is 11.8. The molecule has 0 amide bonds. The second kappa shape index (κ2) is 5.55. The molecule has 0 aliphatic heterocycles. The zero-order chi connectivity index (χ0) is 13.1. The maximum absolute atomic E-state index is 13.0. The molecule has 1 aromatic rings. The Morgan fingerprint density at radius 3 is 2.22 bits per heavy atom. The number of carbonyl (C=O) groups is 1. The number of rotatable bonds is 4. The van der Waals surface area contributed by atoms with E-state index in [0.717, 1.165) is 31.4 Å². The maximum Gasteiger partial charge on any atom is 0.194 e. The molecule has 1 saturated carbocycles. The van der Waals surface area contributed by atoms with Crippen LogP contribution < -0.4 is 0 Å². The Morgan fingerprint density at radius 2 is 1.67 bits per heavy atom. The molecule has 0 N–H and O–H groups in total. The number of halogens is 3. The molecule has 1 aromatic carbocycles. The molecule has 1 aliphatic rings. The van der Waals surface area contributed by atoms with Gasteiger partial charge in [0.25, 0.3) is 0 Å². The number of ketones is 1. The van der Waals surface area contributed by atoms with Crippen LogP contribution in [0, 0.1) is 23.4 Å². The van der Waals surface area contributed by atoms with E-state index in [-0.39, 0.29) is 17.8 Å². The summed E-state index contributed by atoms with van der Waals surface area (Å²) in [6.45, 7) is 0. The van der Waals surface area contributed by atoms with Crippen LogP contribution in [0.3, 0.4) is 0 Å². The zero-order valence-electron chi connectivity index (χ0n) is 10.0. The van der Waals surface area contributed by atoms with E-state index in [4.69, 9.17) is 0 Å². The van der Waals surface area contributed by atoms with Gasteiger partial charge in [-0.1, -0.05) is 25.7 Å². The third-order valence-corrected chi connectivity index (χ3v) is 3.56. The molecule has 0 aromatic heterocycles.